The minimum atomic E-state index is -4.51. The van der Waals surface area contributed by atoms with Crippen LogP contribution < -0.4 is 0 Å². The minimum absolute atomic E-state index is 0.164. The third kappa shape index (κ3) is 2.98. The first-order chi connectivity index (χ1) is 8.66. The zero-order valence-electron chi connectivity index (χ0n) is 10.3. The highest BCUT2D eigenvalue weighted by atomic mass is 19.4. The van der Waals surface area contributed by atoms with E-state index in [-0.39, 0.29) is 44.4 Å². The van der Waals surface area contributed by atoms with Crippen molar-refractivity contribution in [2.75, 3.05) is 0 Å². The topological polar surface area (TPSA) is 17.1 Å². The molecule has 2 saturated carbocycles. The molecule has 108 valence electrons. The third-order valence-electron chi connectivity index (χ3n) is 4.05. The predicted octanol–water partition coefficient (Wildman–Crippen LogP) is 4.28. The van der Waals surface area contributed by atoms with E-state index in [1.807, 2.05) is 0 Å². The Morgan fingerprint density at radius 3 is 2.00 bits per heavy atom. The van der Waals surface area contributed by atoms with Crippen LogP contribution in [-0.4, -0.2) is 17.9 Å². The fourth-order valence-electron chi connectivity index (χ4n) is 2.43. The van der Waals surface area contributed by atoms with Crippen molar-refractivity contribution in [3.63, 3.8) is 0 Å². The molecule has 0 aromatic heterocycles. The summed E-state index contributed by atoms with van der Waals surface area (Å²) >= 11 is 0. The number of alkyl halides is 5. The highest BCUT2D eigenvalue weighted by Gasteiger charge is 2.67. The molecule has 2 aliphatic carbocycles. The molecule has 19 heavy (non-hydrogen) atoms. The van der Waals surface area contributed by atoms with Gasteiger partial charge in [0.15, 0.2) is 5.78 Å². The monoisotopic (exact) mass is 282 g/mol. The number of hydrogen-bond acceptors (Lipinski definition) is 1. The van der Waals surface area contributed by atoms with Crippen molar-refractivity contribution in [1.82, 2.24) is 0 Å². The van der Waals surface area contributed by atoms with Crippen molar-refractivity contribution < 1.29 is 26.7 Å². The van der Waals surface area contributed by atoms with Gasteiger partial charge in [0.1, 0.15) is 5.41 Å². The lowest BCUT2D eigenvalue weighted by atomic mass is 9.86. The van der Waals surface area contributed by atoms with Crippen LogP contribution in [-0.2, 0) is 4.79 Å². The second kappa shape index (κ2) is 4.56. The first kappa shape index (κ1) is 14.5. The molecule has 0 aromatic carbocycles. The Kier molecular flexibility index (Phi) is 3.47. The lowest BCUT2D eigenvalue weighted by Crippen LogP contribution is -2.31. The molecule has 0 saturated heterocycles. The van der Waals surface area contributed by atoms with Gasteiger partial charge in [0.05, 0.1) is 0 Å². The molecule has 1 nitrogen and oxygen atoms in total. The highest BCUT2D eigenvalue weighted by Crippen LogP contribution is 2.58. The van der Waals surface area contributed by atoms with E-state index in [2.05, 4.69) is 0 Å². The summed E-state index contributed by atoms with van der Waals surface area (Å²) in [6, 6.07) is 0. The van der Waals surface area contributed by atoms with E-state index < -0.39 is 23.3 Å². The van der Waals surface area contributed by atoms with Gasteiger partial charge in [-0.1, -0.05) is 6.08 Å². The molecule has 0 unspecified atom stereocenters. The molecular formula is C13H15F5O. The average molecular weight is 282 g/mol. The number of rotatable bonds is 3. The Morgan fingerprint density at radius 1 is 1.05 bits per heavy atom. The van der Waals surface area contributed by atoms with Gasteiger partial charge < -0.3 is 0 Å². The van der Waals surface area contributed by atoms with Crippen LogP contribution in [0.5, 0.6) is 0 Å². The molecule has 0 atom stereocenters. The summed E-state index contributed by atoms with van der Waals surface area (Å²) < 4.78 is 63.8. The predicted molar refractivity (Wildman–Crippen MR) is 58.8 cm³/mol. The number of halogens is 5. The van der Waals surface area contributed by atoms with E-state index in [1.54, 1.807) is 0 Å². The summed E-state index contributed by atoms with van der Waals surface area (Å²) in [7, 11) is 0. The quantitative estimate of drug-likeness (QED) is 0.558. The standard InChI is InChI=1S/C13H15F5O/c14-12(15)5-3-9(4-6-12)1-2-10(19)11(7-8-11)13(16,17)18/h1-2,9H,3-8H2. The van der Waals surface area contributed by atoms with Crippen molar-refractivity contribution in [2.45, 2.75) is 50.6 Å². The number of ketones is 1. The van der Waals surface area contributed by atoms with E-state index in [4.69, 9.17) is 0 Å². The molecule has 6 heteroatoms. The van der Waals surface area contributed by atoms with Gasteiger partial charge in [-0.2, -0.15) is 13.2 Å². The number of hydrogen-bond donors (Lipinski definition) is 0. The summed E-state index contributed by atoms with van der Waals surface area (Å²) in [5, 5.41) is 0. The lowest BCUT2D eigenvalue weighted by Gasteiger charge is -2.26. The number of carbonyl (C=O) groups is 1. The fourth-order valence-corrected chi connectivity index (χ4v) is 2.43. The second-order valence-corrected chi connectivity index (χ2v) is 5.50. The maximum atomic E-state index is 12.9. The van der Waals surface area contributed by atoms with Crippen LogP contribution in [0.25, 0.3) is 0 Å². The van der Waals surface area contributed by atoms with E-state index in [0.29, 0.717) is 0 Å². The zero-order valence-corrected chi connectivity index (χ0v) is 10.3. The van der Waals surface area contributed by atoms with Gasteiger partial charge in [0.2, 0.25) is 5.92 Å². The molecular weight excluding hydrogens is 267 g/mol. The zero-order chi connectivity index (χ0) is 14.3. The second-order valence-electron chi connectivity index (χ2n) is 5.50. The van der Waals surface area contributed by atoms with Crippen LogP contribution >= 0.6 is 0 Å². The van der Waals surface area contributed by atoms with E-state index in [0.717, 1.165) is 6.08 Å². The smallest absolute Gasteiger partial charge is 0.294 e. The van der Waals surface area contributed by atoms with Crippen molar-refractivity contribution in [2.24, 2.45) is 11.3 Å². The summed E-state index contributed by atoms with van der Waals surface area (Å²) in [4.78, 5) is 11.6. The first-order valence-electron chi connectivity index (χ1n) is 6.34. The van der Waals surface area contributed by atoms with Crippen LogP contribution in [0.1, 0.15) is 38.5 Å². The minimum Gasteiger partial charge on any atom is -0.294 e. The van der Waals surface area contributed by atoms with Gasteiger partial charge in [-0.15, -0.1) is 0 Å². The molecule has 0 N–H and O–H groups in total. The van der Waals surface area contributed by atoms with Gasteiger partial charge in [-0.25, -0.2) is 8.78 Å². The summed E-state index contributed by atoms with van der Waals surface area (Å²) in [6.07, 6.45) is -2.59. The molecule has 0 heterocycles. The van der Waals surface area contributed by atoms with Crippen LogP contribution in [0, 0.1) is 11.3 Å². The molecule has 2 rings (SSSR count). The van der Waals surface area contributed by atoms with Gasteiger partial charge in [0, 0.05) is 12.8 Å². The Balaban J connectivity index is 1.92. The van der Waals surface area contributed by atoms with Crippen molar-refractivity contribution in [3.05, 3.63) is 12.2 Å². The van der Waals surface area contributed by atoms with Crippen LogP contribution in [0.2, 0.25) is 0 Å². The SMILES string of the molecule is O=C(C=CC1CCC(F)(F)CC1)C1(C(F)(F)F)CC1. The van der Waals surface area contributed by atoms with Crippen molar-refractivity contribution >= 4 is 5.78 Å². The highest BCUT2D eigenvalue weighted by molar-refractivity contribution is 5.97. The molecule has 0 bridgehead atoms. The summed E-state index contributed by atoms with van der Waals surface area (Å²) in [5.41, 5.74) is -2.19. The third-order valence-corrected chi connectivity index (χ3v) is 4.05. The average Bonchev–Trinajstić information content (AvgIpc) is 3.07. The molecule has 0 aliphatic heterocycles. The Bertz CT molecular complexity index is 382. The van der Waals surface area contributed by atoms with Crippen LogP contribution in [0.4, 0.5) is 22.0 Å². The van der Waals surface area contributed by atoms with E-state index in [9.17, 15) is 26.7 Å². The van der Waals surface area contributed by atoms with Gasteiger partial charge in [-0.3, -0.25) is 4.79 Å². The van der Waals surface area contributed by atoms with Gasteiger partial charge in [-0.05, 0) is 37.7 Å². The molecule has 2 aliphatic rings. The largest absolute Gasteiger partial charge is 0.401 e. The van der Waals surface area contributed by atoms with Crippen molar-refractivity contribution in [3.8, 4) is 0 Å². The van der Waals surface area contributed by atoms with Crippen LogP contribution in [0.3, 0.4) is 0 Å². The molecule has 0 spiro atoms. The van der Waals surface area contributed by atoms with E-state index in [1.165, 1.54) is 6.08 Å². The van der Waals surface area contributed by atoms with E-state index >= 15 is 0 Å². The Labute approximate surface area is 107 Å². The summed E-state index contributed by atoms with van der Waals surface area (Å²) in [6.45, 7) is 0. The van der Waals surface area contributed by atoms with Crippen LogP contribution in [0.15, 0.2) is 12.2 Å². The van der Waals surface area contributed by atoms with Crippen molar-refractivity contribution in [1.29, 1.82) is 0 Å². The molecule has 0 amide bonds. The maximum Gasteiger partial charge on any atom is 0.401 e. The number of carbonyl (C=O) groups excluding carboxylic acids is 1. The number of allylic oxidation sites excluding steroid dienone is 2. The molecule has 2 fully saturated rings. The molecule has 0 radical (unpaired) electrons. The Morgan fingerprint density at radius 2 is 1.58 bits per heavy atom. The summed E-state index contributed by atoms with van der Waals surface area (Å²) in [5.74, 6) is -3.82. The first-order valence-corrected chi connectivity index (χ1v) is 6.34. The van der Waals surface area contributed by atoms with Gasteiger partial charge in [0.25, 0.3) is 0 Å². The molecule has 0 aromatic rings. The Hall–Kier alpha value is -0.940. The maximum absolute atomic E-state index is 12.9. The lowest BCUT2D eigenvalue weighted by molar-refractivity contribution is -0.188. The normalized spacial score (nSPS) is 26.6. The van der Waals surface area contributed by atoms with Gasteiger partial charge >= 0.3 is 6.18 Å². The fraction of sp³-hybridized carbons (Fsp3) is 0.769.